The average molecular weight is 476 g/mol. The Balaban J connectivity index is 1.25. The topological polar surface area (TPSA) is 56.2 Å². The standard InChI is InChI=1S/C28H30ClN3O2/c29-23-14-16-24(17-15-23)34-20-7-6-19-32-26-12-5-4-11-25(26)31-27(32)13-8-18-30-28(33)21-22-9-2-1-3-10-22/h1-5,9-12,14-17H,6-8,13,18-21H2,(H,30,33). The summed E-state index contributed by atoms with van der Waals surface area (Å²) in [6.07, 6.45) is 4.03. The van der Waals surface area contributed by atoms with E-state index in [1.807, 2.05) is 60.7 Å². The van der Waals surface area contributed by atoms with E-state index in [2.05, 4.69) is 28.1 Å². The number of halogens is 1. The number of amides is 1. The normalized spacial score (nSPS) is 11.0. The van der Waals surface area contributed by atoms with Crippen molar-refractivity contribution in [2.75, 3.05) is 13.2 Å². The second-order valence-electron chi connectivity index (χ2n) is 8.29. The van der Waals surface area contributed by atoms with Crippen LogP contribution in [0.1, 0.15) is 30.7 Å². The minimum atomic E-state index is 0.0559. The molecule has 34 heavy (non-hydrogen) atoms. The molecule has 0 aliphatic rings. The lowest BCUT2D eigenvalue weighted by Gasteiger charge is -2.11. The number of carbonyl (C=O) groups excluding carboxylic acids is 1. The zero-order valence-corrected chi connectivity index (χ0v) is 20.0. The molecule has 0 fully saturated rings. The molecule has 0 saturated carbocycles. The Morgan fingerprint density at radius 1 is 0.912 bits per heavy atom. The molecule has 0 radical (unpaired) electrons. The predicted molar refractivity (Wildman–Crippen MR) is 137 cm³/mol. The lowest BCUT2D eigenvalue weighted by molar-refractivity contribution is -0.120. The molecule has 6 heteroatoms. The van der Waals surface area contributed by atoms with Crippen LogP contribution in [0.5, 0.6) is 5.75 Å². The molecule has 4 aromatic rings. The van der Waals surface area contributed by atoms with Crippen LogP contribution in [0, 0.1) is 0 Å². The summed E-state index contributed by atoms with van der Waals surface area (Å²) in [4.78, 5) is 17.1. The van der Waals surface area contributed by atoms with Crippen LogP contribution in [0.4, 0.5) is 0 Å². The Bertz CT molecular complexity index is 1190. The highest BCUT2D eigenvalue weighted by Gasteiger charge is 2.10. The Hall–Kier alpha value is -3.31. The number of benzene rings is 3. The highest BCUT2D eigenvalue weighted by Crippen LogP contribution is 2.19. The second kappa shape index (κ2) is 12.2. The molecule has 0 saturated heterocycles. The minimum absolute atomic E-state index is 0.0559. The lowest BCUT2D eigenvalue weighted by atomic mass is 10.1. The van der Waals surface area contributed by atoms with Gasteiger partial charge in [-0.25, -0.2) is 4.98 Å². The summed E-state index contributed by atoms with van der Waals surface area (Å²) in [5.74, 6) is 1.96. The van der Waals surface area contributed by atoms with Crippen molar-refractivity contribution in [3.8, 4) is 5.75 Å². The fourth-order valence-electron chi connectivity index (χ4n) is 3.98. The summed E-state index contributed by atoms with van der Waals surface area (Å²) in [6, 6.07) is 25.5. The Morgan fingerprint density at radius 2 is 1.68 bits per heavy atom. The van der Waals surface area contributed by atoms with E-state index >= 15 is 0 Å². The molecule has 1 N–H and O–H groups in total. The molecule has 176 valence electrons. The van der Waals surface area contributed by atoms with Crippen molar-refractivity contribution in [1.82, 2.24) is 14.9 Å². The van der Waals surface area contributed by atoms with Gasteiger partial charge in [-0.05, 0) is 61.2 Å². The molecule has 1 heterocycles. The number of nitrogens with zero attached hydrogens (tertiary/aromatic N) is 2. The third-order valence-corrected chi connectivity index (χ3v) is 5.95. The third-order valence-electron chi connectivity index (χ3n) is 5.70. The number of ether oxygens (including phenoxy) is 1. The number of hydrogen-bond donors (Lipinski definition) is 1. The van der Waals surface area contributed by atoms with E-state index in [1.165, 1.54) is 0 Å². The van der Waals surface area contributed by atoms with Crippen molar-refractivity contribution >= 4 is 28.5 Å². The highest BCUT2D eigenvalue weighted by atomic mass is 35.5. The number of fused-ring (bicyclic) bond motifs is 1. The van der Waals surface area contributed by atoms with Gasteiger partial charge in [0.25, 0.3) is 0 Å². The molecule has 1 amide bonds. The van der Waals surface area contributed by atoms with E-state index in [1.54, 1.807) is 0 Å². The number of carbonyl (C=O) groups is 1. The summed E-state index contributed by atoms with van der Waals surface area (Å²) < 4.78 is 8.13. The Morgan fingerprint density at radius 3 is 2.50 bits per heavy atom. The molecule has 0 atom stereocenters. The predicted octanol–water partition coefficient (Wildman–Crippen LogP) is 5.84. The molecular formula is C28H30ClN3O2. The van der Waals surface area contributed by atoms with Crippen LogP contribution in [0.2, 0.25) is 5.02 Å². The first-order valence-electron chi connectivity index (χ1n) is 11.8. The van der Waals surface area contributed by atoms with Gasteiger partial charge in [0.05, 0.1) is 24.1 Å². The Labute approximate surface area is 205 Å². The van der Waals surface area contributed by atoms with Gasteiger partial charge in [0.1, 0.15) is 11.6 Å². The van der Waals surface area contributed by atoms with Crippen LogP contribution >= 0.6 is 11.6 Å². The summed E-state index contributed by atoms with van der Waals surface area (Å²) in [7, 11) is 0. The second-order valence-corrected chi connectivity index (χ2v) is 8.73. The average Bonchev–Trinajstić information content (AvgIpc) is 3.21. The molecule has 0 aliphatic carbocycles. The van der Waals surface area contributed by atoms with E-state index in [-0.39, 0.29) is 5.91 Å². The van der Waals surface area contributed by atoms with Gasteiger partial charge >= 0.3 is 0 Å². The number of hydrogen-bond acceptors (Lipinski definition) is 3. The maximum atomic E-state index is 12.2. The highest BCUT2D eigenvalue weighted by molar-refractivity contribution is 6.30. The maximum Gasteiger partial charge on any atom is 0.224 e. The minimum Gasteiger partial charge on any atom is -0.494 e. The molecule has 1 aromatic heterocycles. The monoisotopic (exact) mass is 475 g/mol. The van der Waals surface area contributed by atoms with Crippen LogP contribution in [0.25, 0.3) is 11.0 Å². The van der Waals surface area contributed by atoms with Crippen LogP contribution in [0.3, 0.4) is 0 Å². The number of nitrogens with one attached hydrogen (secondary N) is 1. The van der Waals surface area contributed by atoms with Gasteiger partial charge in [0, 0.05) is 24.5 Å². The van der Waals surface area contributed by atoms with Crippen LogP contribution in [-0.4, -0.2) is 28.6 Å². The number of unbranched alkanes of at least 4 members (excludes halogenated alkanes) is 1. The van der Waals surface area contributed by atoms with E-state index in [9.17, 15) is 4.79 Å². The number of aryl methyl sites for hydroxylation is 2. The fourth-order valence-corrected chi connectivity index (χ4v) is 4.10. The van der Waals surface area contributed by atoms with E-state index in [0.29, 0.717) is 24.6 Å². The van der Waals surface area contributed by atoms with Crippen LogP contribution in [-0.2, 0) is 24.2 Å². The summed E-state index contributed by atoms with van der Waals surface area (Å²) in [6.45, 7) is 2.20. The summed E-state index contributed by atoms with van der Waals surface area (Å²) >= 11 is 5.92. The molecule has 4 rings (SSSR count). The van der Waals surface area contributed by atoms with Gasteiger partial charge in [-0.15, -0.1) is 0 Å². The van der Waals surface area contributed by atoms with E-state index in [4.69, 9.17) is 21.3 Å². The Kier molecular flexibility index (Phi) is 8.58. The maximum absolute atomic E-state index is 12.2. The van der Waals surface area contributed by atoms with Gasteiger partial charge < -0.3 is 14.6 Å². The molecular weight excluding hydrogens is 446 g/mol. The van der Waals surface area contributed by atoms with Crippen LogP contribution in [0.15, 0.2) is 78.9 Å². The molecule has 0 unspecified atom stereocenters. The van der Waals surface area contributed by atoms with Gasteiger partial charge in [-0.3, -0.25) is 4.79 Å². The van der Waals surface area contributed by atoms with Crippen molar-refractivity contribution in [2.24, 2.45) is 0 Å². The number of aromatic nitrogens is 2. The van der Waals surface area contributed by atoms with Crippen molar-refractivity contribution in [3.05, 3.63) is 95.3 Å². The van der Waals surface area contributed by atoms with Crippen molar-refractivity contribution in [3.63, 3.8) is 0 Å². The first kappa shape index (κ1) is 23.8. The molecule has 0 spiro atoms. The number of imidazole rings is 1. The lowest BCUT2D eigenvalue weighted by Crippen LogP contribution is -2.26. The molecule has 5 nitrogen and oxygen atoms in total. The van der Waals surface area contributed by atoms with Crippen molar-refractivity contribution < 1.29 is 9.53 Å². The first-order valence-corrected chi connectivity index (χ1v) is 12.2. The summed E-state index contributed by atoms with van der Waals surface area (Å²) in [5.41, 5.74) is 3.20. The molecule has 0 bridgehead atoms. The molecule has 3 aromatic carbocycles. The zero-order chi connectivity index (χ0) is 23.6. The van der Waals surface area contributed by atoms with Gasteiger partial charge in [-0.2, -0.15) is 0 Å². The third kappa shape index (κ3) is 6.84. The van der Waals surface area contributed by atoms with Gasteiger partial charge in [0.2, 0.25) is 5.91 Å². The van der Waals surface area contributed by atoms with E-state index in [0.717, 1.165) is 60.4 Å². The fraction of sp³-hybridized carbons (Fsp3) is 0.286. The quantitative estimate of drug-likeness (QED) is 0.262. The SMILES string of the molecule is O=C(Cc1ccccc1)NCCCc1nc2ccccc2n1CCCCOc1ccc(Cl)cc1. The van der Waals surface area contributed by atoms with Gasteiger partial charge in [-0.1, -0.05) is 54.1 Å². The largest absolute Gasteiger partial charge is 0.494 e. The van der Waals surface area contributed by atoms with Crippen LogP contribution < -0.4 is 10.1 Å². The van der Waals surface area contributed by atoms with E-state index < -0.39 is 0 Å². The number of para-hydroxylation sites is 2. The first-order chi connectivity index (χ1) is 16.7. The zero-order valence-electron chi connectivity index (χ0n) is 19.3. The van der Waals surface area contributed by atoms with Crippen molar-refractivity contribution in [1.29, 1.82) is 0 Å². The van der Waals surface area contributed by atoms with Crippen molar-refractivity contribution in [2.45, 2.75) is 38.6 Å². The number of rotatable bonds is 12. The summed E-state index contributed by atoms with van der Waals surface area (Å²) in [5, 5.41) is 3.74. The van der Waals surface area contributed by atoms with Gasteiger partial charge in [0.15, 0.2) is 0 Å². The molecule has 0 aliphatic heterocycles. The smallest absolute Gasteiger partial charge is 0.224 e.